The van der Waals surface area contributed by atoms with Crippen LogP contribution < -0.4 is 9.80 Å². The van der Waals surface area contributed by atoms with E-state index in [0.29, 0.717) is 37.7 Å². The van der Waals surface area contributed by atoms with Gasteiger partial charge in [-0.1, -0.05) is 6.07 Å². The molecule has 2 heterocycles. The molecule has 1 aliphatic rings. The van der Waals surface area contributed by atoms with E-state index in [1.54, 1.807) is 12.1 Å². The molecule has 0 bridgehead atoms. The molecule has 1 fully saturated rings. The first-order valence-electron chi connectivity index (χ1n) is 8.46. The average Bonchev–Trinajstić information content (AvgIpc) is 2.59. The van der Waals surface area contributed by atoms with Gasteiger partial charge in [0.1, 0.15) is 22.2 Å². The maximum Gasteiger partial charge on any atom is 0.311 e. The maximum absolute atomic E-state index is 11.9. The van der Waals surface area contributed by atoms with Crippen molar-refractivity contribution in [2.75, 3.05) is 42.2 Å². The van der Waals surface area contributed by atoms with E-state index in [-0.39, 0.29) is 10.6 Å². The highest BCUT2D eigenvalue weighted by atomic mass is 32.2. The summed E-state index contributed by atoms with van der Waals surface area (Å²) in [6.45, 7) is 6.04. The third-order valence-electron chi connectivity index (χ3n) is 4.46. The molecule has 1 aromatic carbocycles. The van der Waals surface area contributed by atoms with Gasteiger partial charge >= 0.3 is 5.69 Å². The van der Waals surface area contributed by atoms with Crippen LogP contribution in [0.4, 0.5) is 17.2 Å². The highest BCUT2D eigenvalue weighted by molar-refractivity contribution is 7.90. The smallest absolute Gasteiger partial charge is 0.311 e. The number of aryl methyl sites for hydroxylation is 2. The molecule has 0 saturated carbocycles. The number of benzene rings is 1. The Balaban J connectivity index is 1.87. The first-order valence-corrected chi connectivity index (χ1v) is 10.4. The Hall–Kier alpha value is -2.75. The Morgan fingerprint density at radius 1 is 1.07 bits per heavy atom. The van der Waals surface area contributed by atoms with E-state index >= 15 is 0 Å². The second kappa shape index (κ2) is 7.10. The van der Waals surface area contributed by atoms with Crippen molar-refractivity contribution in [1.82, 2.24) is 9.97 Å². The minimum atomic E-state index is -3.70. The number of piperazine rings is 1. The number of anilines is 2. The van der Waals surface area contributed by atoms with Gasteiger partial charge in [0.25, 0.3) is 0 Å². The van der Waals surface area contributed by atoms with E-state index < -0.39 is 14.8 Å². The molecule has 0 spiro atoms. The van der Waals surface area contributed by atoms with Gasteiger partial charge in [0.2, 0.25) is 0 Å². The van der Waals surface area contributed by atoms with Crippen molar-refractivity contribution in [2.24, 2.45) is 0 Å². The standard InChI is InChI=1S/C17H21N5O4S/c1-12-11-16(19-13(2)18-12)21-9-7-20(8-10-21)14-5-4-6-15(27(3,25)26)17(14)22(23)24/h4-6,11H,7-10H2,1-3H3. The van der Waals surface area contributed by atoms with Crippen LogP contribution in [0.25, 0.3) is 0 Å². The summed E-state index contributed by atoms with van der Waals surface area (Å²) in [7, 11) is -3.70. The lowest BCUT2D eigenvalue weighted by molar-refractivity contribution is -0.387. The fraction of sp³-hybridized carbons (Fsp3) is 0.412. The summed E-state index contributed by atoms with van der Waals surface area (Å²) in [5.41, 5.74) is 0.858. The first-order chi connectivity index (χ1) is 12.7. The van der Waals surface area contributed by atoms with Crippen molar-refractivity contribution in [2.45, 2.75) is 18.7 Å². The number of hydrogen-bond donors (Lipinski definition) is 0. The molecule has 0 amide bonds. The first kappa shape index (κ1) is 19.0. The molecular formula is C17H21N5O4S. The summed E-state index contributed by atoms with van der Waals surface area (Å²) in [6.07, 6.45) is 0.983. The van der Waals surface area contributed by atoms with Gasteiger partial charge in [-0.25, -0.2) is 18.4 Å². The monoisotopic (exact) mass is 391 g/mol. The number of nitro groups is 1. The van der Waals surface area contributed by atoms with E-state index in [9.17, 15) is 18.5 Å². The largest absolute Gasteiger partial charge is 0.362 e. The molecule has 0 N–H and O–H groups in total. The predicted molar refractivity (Wildman–Crippen MR) is 102 cm³/mol. The molecule has 9 nitrogen and oxygen atoms in total. The van der Waals surface area contributed by atoms with Gasteiger partial charge in [0, 0.05) is 44.2 Å². The Bertz CT molecular complexity index is 965. The molecule has 0 aliphatic carbocycles. The highest BCUT2D eigenvalue weighted by Crippen LogP contribution is 2.35. The minimum Gasteiger partial charge on any atom is -0.362 e. The van der Waals surface area contributed by atoms with Crippen LogP contribution in [-0.4, -0.2) is 55.7 Å². The fourth-order valence-corrected chi connectivity index (χ4v) is 4.14. The maximum atomic E-state index is 11.9. The third-order valence-corrected chi connectivity index (χ3v) is 5.58. The summed E-state index contributed by atoms with van der Waals surface area (Å²) < 4.78 is 23.9. The second-order valence-electron chi connectivity index (χ2n) is 6.54. The summed E-state index contributed by atoms with van der Waals surface area (Å²) in [5.74, 6) is 1.53. The lowest BCUT2D eigenvalue weighted by Crippen LogP contribution is -2.47. The zero-order valence-electron chi connectivity index (χ0n) is 15.4. The zero-order valence-corrected chi connectivity index (χ0v) is 16.2. The second-order valence-corrected chi connectivity index (χ2v) is 8.53. The molecule has 0 atom stereocenters. The molecule has 3 rings (SSSR count). The lowest BCUT2D eigenvalue weighted by atomic mass is 10.2. The predicted octanol–water partition coefficient (Wildman–Crippen LogP) is 1.73. The Morgan fingerprint density at radius 2 is 1.70 bits per heavy atom. The van der Waals surface area contributed by atoms with Gasteiger partial charge in [0.05, 0.1) is 4.92 Å². The molecule has 144 valence electrons. The number of para-hydroxylation sites is 1. The van der Waals surface area contributed by atoms with Crippen LogP contribution in [-0.2, 0) is 9.84 Å². The molecule has 0 radical (unpaired) electrons. The number of rotatable bonds is 4. The van der Waals surface area contributed by atoms with E-state index in [2.05, 4.69) is 14.9 Å². The molecule has 1 saturated heterocycles. The van der Waals surface area contributed by atoms with Gasteiger partial charge in [-0.05, 0) is 26.0 Å². The molecule has 2 aromatic rings. The Morgan fingerprint density at radius 3 is 2.26 bits per heavy atom. The quantitative estimate of drug-likeness (QED) is 0.572. The Kier molecular flexibility index (Phi) is 5.01. The zero-order chi connectivity index (χ0) is 19.8. The van der Waals surface area contributed by atoms with E-state index in [1.807, 2.05) is 24.8 Å². The van der Waals surface area contributed by atoms with Crippen molar-refractivity contribution in [3.63, 3.8) is 0 Å². The fourth-order valence-electron chi connectivity index (χ4n) is 3.28. The van der Waals surface area contributed by atoms with Crippen LogP contribution in [0.1, 0.15) is 11.5 Å². The molecular weight excluding hydrogens is 370 g/mol. The summed E-state index contributed by atoms with van der Waals surface area (Å²) in [6, 6.07) is 6.33. The van der Waals surface area contributed by atoms with Gasteiger partial charge in [-0.15, -0.1) is 0 Å². The van der Waals surface area contributed by atoms with Crippen molar-refractivity contribution in [3.8, 4) is 0 Å². The molecule has 27 heavy (non-hydrogen) atoms. The lowest BCUT2D eigenvalue weighted by Gasteiger charge is -2.36. The van der Waals surface area contributed by atoms with Crippen molar-refractivity contribution < 1.29 is 13.3 Å². The van der Waals surface area contributed by atoms with Crippen LogP contribution in [0, 0.1) is 24.0 Å². The molecule has 1 aliphatic heterocycles. The molecule has 10 heteroatoms. The number of hydrogen-bond acceptors (Lipinski definition) is 8. The number of aromatic nitrogens is 2. The number of nitro benzene ring substituents is 1. The van der Waals surface area contributed by atoms with Gasteiger partial charge in [-0.3, -0.25) is 10.1 Å². The van der Waals surface area contributed by atoms with Gasteiger partial charge in [0.15, 0.2) is 9.84 Å². The summed E-state index contributed by atoms with van der Waals surface area (Å²) in [4.78, 5) is 23.4. The van der Waals surface area contributed by atoms with Gasteiger partial charge in [-0.2, -0.15) is 0 Å². The van der Waals surface area contributed by atoms with Crippen molar-refractivity contribution >= 4 is 27.0 Å². The van der Waals surface area contributed by atoms with E-state index in [4.69, 9.17) is 0 Å². The topological polar surface area (TPSA) is 110 Å². The van der Waals surface area contributed by atoms with E-state index in [1.165, 1.54) is 6.07 Å². The van der Waals surface area contributed by atoms with Crippen molar-refractivity contribution in [1.29, 1.82) is 0 Å². The van der Waals surface area contributed by atoms with E-state index in [0.717, 1.165) is 17.8 Å². The van der Waals surface area contributed by atoms with Crippen molar-refractivity contribution in [3.05, 3.63) is 45.9 Å². The molecule has 0 unspecified atom stereocenters. The SMILES string of the molecule is Cc1cc(N2CCN(c3cccc(S(C)(=O)=O)c3[N+](=O)[O-])CC2)nc(C)n1. The van der Waals surface area contributed by atoms with Crippen LogP contribution in [0.3, 0.4) is 0 Å². The third kappa shape index (κ3) is 4.00. The summed E-state index contributed by atoms with van der Waals surface area (Å²) in [5, 5.41) is 11.6. The normalized spacial score (nSPS) is 15.1. The minimum absolute atomic E-state index is 0.255. The highest BCUT2D eigenvalue weighted by Gasteiger charge is 2.30. The van der Waals surface area contributed by atoms with Gasteiger partial charge < -0.3 is 9.80 Å². The Labute approximate surface area is 157 Å². The van der Waals surface area contributed by atoms with Crippen LogP contribution >= 0.6 is 0 Å². The van der Waals surface area contributed by atoms with Crippen LogP contribution in [0.2, 0.25) is 0 Å². The van der Waals surface area contributed by atoms with Crippen LogP contribution in [0.15, 0.2) is 29.2 Å². The number of nitrogens with zero attached hydrogens (tertiary/aromatic N) is 5. The summed E-state index contributed by atoms with van der Waals surface area (Å²) >= 11 is 0. The average molecular weight is 391 g/mol. The number of sulfone groups is 1. The van der Waals surface area contributed by atoms with Crippen LogP contribution in [0.5, 0.6) is 0 Å². The molecule has 1 aromatic heterocycles.